The Hall–Kier alpha value is -1.15. The third-order valence-electron chi connectivity index (χ3n) is 2.00. The van der Waals surface area contributed by atoms with Crippen LogP contribution in [-0.4, -0.2) is 19.2 Å². The summed E-state index contributed by atoms with van der Waals surface area (Å²) in [5, 5.41) is 0. The molecule has 0 aromatic heterocycles. The summed E-state index contributed by atoms with van der Waals surface area (Å²) in [6.07, 6.45) is -4.50. The molecule has 0 saturated heterocycles. The molecule has 0 spiro atoms. The molecule has 1 aromatic rings. The predicted molar refractivity (Wildman–Crippen MR) is 65.7 cm³/mol. The molecule has 1 rings (SSSR count). The SMILES string of the molecule is NC(=S)CS(=O)(=O)Cc1cccc(C(F)(F)F)c1. The lowest BCUT2D eigenvalue weighted by atomic mass is 10.1. The lowest BCUT2D eigenvalue weighted by molar-refractivity contribution is -0.137. The lowest BCUT2D eigenvalue weighted by Crippen LogP contribution is -2.22. The van der Waals surface area contributed by atoms with Crippen LogP contribution in [0.25, 0.3) is 0 Å². The first-order valence-corrected chi connectivity index (χ1v) is 6.98. The van der Waals surface area contributed by atoms with Gasteiger partial charge in [-0.15, -0.1) is 0 Å². The zero-order chi connectivity index (χ0) is 14.0. The van der Waals surface area contributed by atoms with Crippen molar-refractivity contribution in [2.45, 2.75) is 11.9 Å². The van der Waals surface area contributed by atoms with Crippen LogP contribution >= 0.6 is 12.2 Å². The maximum atomic E-state index is 12.4. The quantitative estimate of drug-likeness (QED) is 0.862. The van der Waals surface area contributed by atoms with Crippen LogP contribution in [-0.2, 0) is 21.8 Å². The fraction of sp³-hybridized carbons (Fsp3) is 0.300. The van der Waals surface area contributed by atoms with Crippen LogP contribution in [0.3, 0.4) is 0 Å². The summed E-state index contributed by atoms with van der Waals surface area (Å²) >= 11 is 4.46. The molecule has 0 heterocycles. The number of thiocarbonyl (C=S) groups is 1. The zero-order valence-electron chi connectivity index (χ0n) is 9.07. The minimum atomic E-state index is -4.50. The second-order valence-corrected chi connectivity index (χ2v) is 6.29. The van der Waals surface area contributed by atoms with Gasteiger partial charge in [0.2, 0.25) is 0 Å². The number of halogens is 3. The van der Waals surface area contributed by atoms with Crippen LogP contribution in [0.1, 0.15) is 11.1 Å². The second kappa shape index (κ2) is 5.23. The van der Waals surface area contributed by atoms with Crippen molar-refractivity contribution >= 4 is 27.0 Å². The molecule has 18 heavy (non-hydrogen) atoms. The van der Waals surface area contributed by atoms with Gasteiger partial charge in [0.15, 0.2) is 9.84 Å². The van der Waals surface area contributed by atoms with Gasteiger partial charge in [0.1, 0.15) is 5.75 Å². The number of rotatable bonds is 4. The molecule has 0 amide bonds. The standard InChI is InChI=1S/C10H10F3NO2S2/c11-10(12,13)8-3-1-2-7(4-8)5-18(15,16)6-9(14)17/h1-4H,5-6H2,(H2,14,17). The van der Waals surface area contributed by atoms with Gasteiger partial charge in [-0.2, -0.15) is 13.2 Å². The number of hydrogen-bond donors (Lipinski definition) is 1. The second-order valence-electron chi connectivity index (χ2n) is 3.70. The van der Waals surface area contributed by atoms with E-state index in [-0.39, 0.29) is 10.6 Å². The minimum Gasteiger partial charge on any atom is -0.392 e. The monoisotopic (exact) mass is 297 g/mol. The van der Waals surface area contributed by atoms with Gasteiger partial charge in [-0.25, -0.2) is 8.42 Å². The summed E-state index contributed by atoms with van der Waals surface area (Å²) in [4.78, 5) is -0.207. The van der Waals surface area contributed by atoms with Gasteiger partial charge in [0.25, 0.3) is 0 Å². The van der Waals surface area contributed by atoms with E-state index in [9.17, 15) is 21.6 Å². The molecule has 0 aliphatic rings. The normalized spacial score (nSPS) is 12.4. The van der Waals surface area contributed by atoms with Crippen molar-refractivity contribution < 1.29 is 21.6 Å². The van der Waals surface area contributed by atoms with E-state index in [1.54, 1.807) is 0 Å². The van der Waals surface area contributed by atoms with Crippen molar-refractivity contribution in [3.8, 4) is 0 Å². The molecule has 0 unspecified atom stereocenters. The van der Waals surface area contributed by atoms with Crippen molar-refractivity contribution in [1.82, 2.24) is 0 Å². The third-order valence-corrected chi connectivity index (χ3v) is 3.85. The molecular weight excluding hydrogens is 287 g/mol. The van der Waals surface area contributed by atoms with Crippen LogP contribution in [0.4, 0.5) is 13.2 Å². The van der Waals surface area contributed by atoms with Gasteiger partial charge in [-0.3, -0.25) is 0 Å². The minimum absolute atomic E-state index is 0.0566. The van der Waals surface area contributed by atoms with E-state index in [0.29, 0.717) is 0 Å². The van der Waals surface area contributed by atoms with Crippen molar-refractivity contribution in [1.29, 1.82) is 0 Å². The summed E-state index contributed by atoms with van der Waals surface area (Å²) in [5.41, 5.74) is 4.28. The topological polar surface area (TPSA) is 60.2 Å². The molecule has 1 aromatic carbocycles. The molecule has 0 aliphatic heterocycles. The first-order chi connectivity index (χ1) is 8.10. The van der Waals surface area contributed by atoms with Crippen LogP contribution in [0.2, 0.25) is 0 Å². The average molecular weight is 297 g/mol. The van der Waals surface area contributed by atoms with Gasteiger partial charge in [0.05, 0.1) is 16.3 Å². The zero-order valence-corrected chi connectivity index (χ0v) is 10.7. The molecule has 100 valence electrons. The smallest absolute Gasteiger partial charge is 0.392 e. The van der Waals surface area contributed by atoms with Gasteiger partial charge < -0.3 is 5.73 Å². The highest BCUT2D eigenvalue weighted by Gasteiger charge is 2.30. The summed E-state index contributed by atoms with van der Waals surface area (Å²) in [6, 6.07) is 4.15. The Balaban J connectivity index is 2.96. The number of alkyl halides is 3. The number of hydrogen-bond acceptors (Lipinski definition) is 3. The average Bonchev–Trinajstić information content (AvgIpc) is 2.13. The van der Waals surface area contributed by atoms with Crippen LogP contribution in [0, 0.1) is 0 Å². The van der Waals surface area contributed by atoms with Crippen LogP contribution in [0.15, 0.2) is 24.3 Å². The van der Waals surface area contributed by atoms with Crippen molar-refractivity contribution in [3.05, 3.63) is 35.4 Å². The third kappa shape index (κ3) is 4.61. The molecule has 0 bridgehead atoms. The highest BCUT2D eigenvalue weighted by molar-refractivity contribution is 7.93. The Kier molecular flexibility index (Phi) is 4.33. The Morgan fingerprint density at radius 1 is 1.33 bits per heavy atom. The van der Waals surface area contributed by atoms with Gasteiger partial charge in [0, 0.05) is 0 Å². The highest BCUT2D eigenvalue weighted by Crippen LogP contribution is 2.29. The molecular formula is C10H10F3NO2S2. The molecule has 3 nitrogen and oxygen atoms in total. The molecule has 0 aliphatic carbocycles. The Bertz CT molecular complexity index is 552. The maximum absolute atomic E-state index is 12.4. The predicted octanol–water partition coefficient (Wildman–Crippen LogP) is 1.91. The summed E-state index contributed by atoms with van der Waals surface area (Å²) in [5.74, 6) is -1.03. The number of sulfone groups is 1. The fourth-order valence-electron chi connectivity index (χ4n) is 1.36. The highest BCUT2D eigenvalue weighted by atomic mass is 32.2. The maximum Gasteiger partial charge on any atom is 0.416 e. The Morgan fingerprint density at radius 2 is 1.94 bits per heavy atom. The summed E-state index contributed by atoms with van der Waals surface area (Å²) in [6.45, 7) is 0. The van der Waals surface area contributed by atoms with Crippen LogP contribution in [0.5, 0.6) is 0 Å². The molecule has 8 heteroatoms. The summed E-state index contributed by atoms with van der Waals surface area (Å²) in [7, 11) is -3.63. The lowest BCUT2D eigenvalue weighted by Gasteiger charge is -2.09. The van der Waals surface area contributed by atoms with Crippen LogP contribution < -0.4 is 5.73 Å². The summed E-state index contributed by atoms with van der Waals surface area (Å²) < 4.78 is 60.3. The molecule has 2 N–H and O–H groups in total. The van der Waals surface area contributed by atoms with Crippen molar-refractivity contribution in [2.24, 2.45) is 5.73 Å². The first-order valence-electron chi connectivity index (χ1n) is 4.75. The van der Waals surface area contributed by atoms with E-state index in [0.717, 1.165) is 18.2 Å². The van der Waals surface area contributed by atoms with E-state index in [4.69, 9.17) is 5.73 Å². The van der Waals surface area contributed by atoms with Gasteiger partial charge in [-0.1, -0.05) is 30.4 Å². The molecule has 0 atom stereocenters. The van der Waals surface area contributed by atoms with E-state index in [2.05, 4.69) is 12.2 Å². The Labute approximate surface area is 108 Å². The molecule has 0 saturated carbocycles. The number of benzene rings is 1. The van der Waals surface area contributed by atoms with E-state index in [1.807, 2.05) is 0 Å². The molecule has 0 radical (unpaired) electrons. The Morgan fingerprint density at radius 3 is 2.44 bits per heavy atom. The van der Waals surface area contributed by atoms with E-state index in [1.165, 1.54) is 6.07 Å². The van der Waals surface area contributed by atoms with Gasteiger partial charge >= 0.3 is 6.18 Å². The first kappa shape index (κ1) is 14.9. The van der Waals surface area contributed by atoms with E-state index < -0.39 is 33.1 Å². The van der Waals surface area contributed by atoms with Gasteiger partial charge in [-0.05, 0) is 11.6 Å². The van der Waals surface area contributed by atoms with Crippen molar-refractivity contribution in [2.75, 3.05) is 5.75 Å². The number of nitrogens with two attached hydrogens (primary N) is 1. The fourth-order valence-corrected chi connectivity index (χ4v) is 3.12. The largest absolute Gasteiger partial charge is 0.416 e. The van der Waals surface area contributed by atoms with Crippen molar-refractivity contribution in [3.63, 3.8) is 0 Å². The van der Waals surface area contributed by atoms with E-state index >= 15 is 0 Å². The molecule has 0 fully saturated rings.